The monoisotopic (exact) mass is 1140 g/mol. The zero-order chi connectivity index (χ0) is 57.5. The van der Waals surface area contributed by atoms with Gasteiger partial charge in [-0.15, -0.1) is 0 Å². The molecule has 3 N–H and O–H groups in total. The number of imidazole rings is 1. The molecule has 7 aliphatic rings. The van der Waals surface area contributed by atoms with Crippen LogP contribution in [0.3, 0.4) is 0 Å². The minimum absolute atomic E-state index is 0.00600. The predicted molar refractivity (Wildman–Crippen MR) is 309 cm³/mol. The lowest BCUT2D eigenvalue weighted by Crippen LogP contribution is -2.48. The van der Waals surface area contributed by atoms with Gasteiger partial charge in [0.05, 0.1) is 27.6 Å². The van der Waals surface area contributed by atoms with Gasteiger partial charge in [-0.1, -0.05) is 19.1 Å². The van der Waals surface area contributed by atoms with Gasteiger partial charge in [0, 0.05) is 64.0 Å². The highest BCUT2D eigenvalue weighted by Crippen LogP contribution is 2.48. The van der Waals surface area contributed by atoms with Gasteiger partial charge in [0.15, 0.2) is 5.82 Å². The summed E-state index contributed by atoms with van der Waals surface area (Å²) in [5.41, 5.74) is 1.79. The van der Waals surface area contributed by atoms with Crippen molar-refractivity contribution < 1.29 is 42.9 Å². The Morgan fingerprint density at radius 2 is 1.67 bits per heavy atom. The number of aromatic hydroxyl groups is 1. The number of phenolic OH excluding ortho intramolecular Hbond substituents is 1. The second-order valence-electron chi connectivity index (χ2n) is 25.7. The van der Waals surface area contributed by atoms with Gasteiger partial charge in [0.1, 0.15) is 47.9 Å². The Kier molecular flexibility index (Phi) is 14.5. The van der Waals surface area contributed by atoms with Gasteiger partial charge >= 0.3 is 17.8 Å². The average Bonchev–Trinajstić information content (AvgIpc) is 4.37. The number of benzene rings is 3. The number of hydrogen-bond donors (Lipinski definition) is 3. The number of phenols is 1. The number of fused-ring (bicyclic) bond motifs is 4. The van der Waals surface area contributed by atoms with Crippen molar-refractivity contribution in [3.05, 3.63) is 81.9 Å². The SMILES string of the molecule is CCc1c(F)ccc2cc(O)cc(-c3ncc4c(N5CCC[C@@](C)(O)C5)nc(OC[C@@]56CCCN5[C@H](COC(=O)N5CCC7(CCC(CN8CCC(c9ccc%10c(c9)n(C)c(=O)n%10C9CCC(=O)NC9=O)CC8)CC7)C5)CC6)nc4c3F)c12. The fraction of sp³-hybridized carbons (Fsp3) is 0.571. The van der Waals surface area contributed by atoms with Crippen molar-refractivity contribution in [2.24, 2.45) is 18.4 Å². The van der Waals surface area contributed by atoms with Crippen molar-refractivity contribution >= 4 is 56.4 Å². The molecule has 4 atom stereocenters. The molecule has 7 fully saturated rings. The molecule has 0 radical (unpaired) electrons. The van der Waals surface area contributed by atoms with Gasteiger partial charge < -0.3 is 34.4 Å². The normalized spacial score (nSPS) is 27.4. The molecule has 6 saturated heterocycles. The number of aryl methyl sites for hydroxylation is 2. The minimum Gasteiger partial charge on any atom is -0.508 e. The number of β-amino-alcohol motifs (C(OH)–C–C–N with tert-alkyl or cyclic N) is 1. The number of piperidine rings is 3. The molecule has 3 amide bonds. The number of imide groups is 1. The zero-order valence-corrected chi connectivity index (χ0v) is 47.9. The van der Waals surface area contributed by atoms with Crippen molar-refractivity contribution in [2.75, 3.05) is 70.5 Å². The van der Waals surface area contributed by atoms with E-state index in [9.17, 15) is 29.4 Å². The summed E-state index contributed by atoms with van der Waals surface area (Å²) >= 11 is 0. The lowest BCUT2D eigenvalue weighted by Gasteiger charge is -2.40. The number of nitrogens with zero attached hydrogens (tertiary/aromatic N) is 9. The number of amides is 3. The van der Waals surface area contributed by atoms with Crippen molar-refractivity contribution in [2.45, 2.75) is 146 Å². The van der Waals surface area contributed by atoms with Crippen LogP contribution in [0.2, 0.25) is 0 Å². The third-order valence-electron chi connectivity index (χ3n) is 20.4. The van der Waals surface area contributed by atoms with Crippen LogP contribution in [0, 0.1) is 23.0 Å². The molecule has 440 valence electrons. The summed E-state index contributed by atoms with van der Waals surface area (Å²) in [7, 11) is 1.75. The van der Waals surface area contributed by atoms with E-state index in [1.807, 2.05) is 22.8 Å². The van der Waals surface area contributed by atoms with Crippen LogP contribution in [0.1, 0.15) is 133 Å². The van der Waals surface area contributed by atoms with Crippen LogP contribution >= 0.6 is 0 Å². The second-order valence-corrected chi connectivity index (χ2v) is 25.7. The summed E-state index contributed by atoms with van der Waals surface area (Å²) in [6.07, 6.45) is 14.5. The number of nitrogens with one attached hydrogen (secondary N) is 1. The number of aliphatic hydroxyl groups is 1. The molecule has 3 aromatic carbocycles. The summed E-state index contributed by atoms with van der Waals surface area (Å²) in [5.74, 6) is -0.611. The molecule has 6 aromatic rings. The maximum atomic E-state index is 17.3. The molecule has 83 heavy (non-hydrogen) atoms. The van der Waals surface area contributed by atoms with Crippen molar-refractivity contribution in [1.29, 1.82) is 0 Å². The highest BCUT2D eigenvalue weighted by molar-refractivity contribution is 6.02. The van der Waals surface area contributed by atoms with Crippen LogP contribution in [0.15, 0.2) is 53.5 Å². The molecule has 1 spiro atoms. The van der Waals surface area contributed by atoms with E-state index >= 15 is 8.78 Å². The van der Waals surface area contributed by atoms with Crippen LogP contribution in [-0.2, 0) is 27.8 Å². The molecule has 20 heteroatoms. The molecule has 1 aliphatic carbocycles. The lowest BCUT2D eigenvalue weighted by molar-refractivity contribution is -0.135. The average molecular weight is 1140 g/mol. The first-order valence-electron chi connectivity index (χ1n) is 30.3. The maximum Gasteiger partial charge on any atom is 0.409 e. The van der Waals surface area contributed by atoms with Crippen LogP contribution < -0.4 is 20.6 Å². The largest absolute Gasteiger partial charge is 0.508 e. The number of carbonyl (C=O) groups excluding carboxylic acids is 3. The molecule has 18 nitrogen and oxygen atoms in total. The Morgan fingerprint density at radius 3 is 2.46 bits per heavy atom. The topological polar surface area (TPSA) is 201 Å². The van der Waals surface area contributed by atoms with Crippen LogP contribution in [0.5, 0.6) is 11.8 Å². The number of ether oxygens (including phenoxy) is 2. The number of carbonyl (C=O) groups is 3. The summed E-state index contributed by atoms with van der Waals surface area (Å²) in [6, 6.07) is 11.4. The fourth-order valence-electron chi connectivity index (χ4n) is 15.8. The number of aromatic nitrogens is 5. The molecule has 3 aromatic heterocycles. The number of halogens is 2. The third kappa shape index (κ3) is 10.3. The fourth-order valence-corrected chi connectivity index (χ4v) is 15.8. The summed E-state index contributed by atoms with van der Waals surface area (Å²) < 4.78 is 48.5. The van der Waals surface area contributed by atoms with E-state index < -0.39 is 29.2 Å². The highest BCUT2D eigenvalue weighted by atomic mass is 19.1. The maximum absolute atomic E-state index is 17.3. The van der Waals surface area contributed by atoms with Crippen LogP contribution in [0.4, 0.5) is 19.4 Å². The number of hydrogen-bond acceptors (Lipinski definition) is 14. The highest BCUT2D eigenvalue weighted by Gasteiger charge is 2.51. The Bertz CT molecular complexity index is 3610. The predicted octanol–water partition coefficient (Wildman–Crippen LogP) is 8.65. The van der Waals surface area contributed by atoms with Crippen molar-refractivity contribution in [1.82, 2.24) is 44.1 Å². The van der Waals surface area contributed by atoms with Gasteiger partial charge in [0.2, 0.25) is 11.8 Å². The first-order valence-corrected chi connectivity index (χ1v) is 30.3. The van der Waals surface area contributed by atoms with E-state index in [1.54, 1.807) is 29.2 Å². The van der Waals surface area contributed by atoms with Gasteiger partial charge in [-0.3, -0.25) is 33.9 Å². The van der Waals surface area contributed by atoms with E-state index in [1.165, 1.54) is 30.0 Å². The standard InChI is InChI=1S/C63H76F2N10O8/c1-4-44-47(64)9-7-41-29-43(76)31-45(52(41)44)54-53(65)55-46(32-66-54)56(72-24-5-18-61(2,81)35-72)69-58(68-55)83-37-63-19-6-25-74(63)42(15-22-63)34-82-60(80)73-28-23-62(36-73)20-13-38(14-21-62)33-71-26-16-39(17-27-71)40-8-10-48-50(30-40)70(3)59(79)75(48)49-11-12-51(77)67-57(49)78/h7-10,29-32,38-39,42,49,76,81H,4-6,11-28,33-37H2,1-3H3,(H,67,77,78)/t38?,42-,49?,61+,62?,63-/m0/s1. The Hall–Kier alpha value is -6.77. The smallest absolute Gasteiger partial charge is 0.409 e. The molecule has 0 bridgehead atoms. The lowest BCUT2D eigenvalue weighted by atomic mass is 9.70. The Labute approximate surface area is 481 Å². The quantitative estimate of drug-likeness (QED) is 0.0984. The first kappa shape index (κ1) is 55.4. The van der Waals surface area contributed by atoms with Gasteiger partial charge in [0.25, 0.3) is 0 Å². The van der Waals surface area contributed by atoms with E-state index in [2.05, 4.69) is 32.2 Å². The Morgan fingerprint density at radius 1 is 0.867 bits per heavy atom. The molecule has 1 saturated carbocycles. The number of anilines is 1. The van der Waals surface area contributed by atoms with Gasteiger partial charge in [-0.25, -0.2) is 18.4 Å². The molecule has 9 heterocycles. The third-order valence-corrected chi connectivity index (χ3v) is 20.4. The van der Waals surface area contributed by atoms with Gasteiger partial charge in [-0.2, -0.15) is 9.97 Å². The number of pyridine rings is 1. The number of likely N-dealkylation sites (tertiary alicyclic amines) is 2. The van der Waals surface area contributed by atoms with Crippen molar-refractivity contribution in [3.63, 3.8) is 0 Å². The number of rotatable bonds is 12. The van der Waals surface area contributed by atoms with Crippen molar-refractivity contribution in [3.8, 4) is 23.0 Å². The van der Waals surface area contributed by atoms with Crippen LogP contribution in [0.25, 0.3) is 44.0 Å². The van der Waals surface area contributed by atoms with E-state index in [0.717, 1.165) is 109 Å². The molecule has 13 rings (SSSR count). The summed E-state index contributed by atoms with van der Waals surface area (Å²) in [6.45, 7) is 10.4. The van der Waals surface area contributed by atoms with E-state index in [4.69, 9.17) is 19.4 Å². The van der Waals surface area contributed by atoms with Gasteiger partial charge in [-0.05, 0) is 192 Å². The minimum atomic E-state index is -1.00. The molecular weight excluding hydrogens is 1060 g/mol. The van der Waals surface area contributed by atoms with E-state index in [0.29, 0.717) is 83.7 Å². The first-order chi connectivity index (χ1) is 40.0. The zero-order valence-electron chi connectivity index (χ0n) is 47.9. The molecular formula is C63H76F2N10O8. The van der Waals surface area contributed by atoms with Crippen LogP contribution in [-0.4, -0.2) is 150 Å². The summed E-state index contributed by atoms with van der Waals surface area (Å²) in [4.78, 5) is 74.9. The molecule has 1 unspecified atom stereocenters. The summed E-state index contributed by atoms with van der Waals surface area (Å²) in [5, 5.41) is 25.7. The second kappa shape index (κ2) is 21.7. The molecule has 6 aliphatic heterocycles. The Balaban J connectivity index is 0.617. The van der Waals surface area contributed by atoms with E-state index in [-0.39, 0.29) is 89.4 Å².